The quantitative estimate of drug-likeness (QED) is 0.703. The molecule has 3 heterocycles. The maximum atomic E-state index is 12.5. The van der Waals surface area contributed by atoms with Crippen LogP contribution in [0.3, 0.4) is 0 Å². The Bertz CT molecular complexity index is 994. The molecule has 0 spiro atoms. The Kier molecular flexibility index (Phi) is 4.82. The minimum atomic E-state index is -0.152. The molecule has 7 nitrogen and oxygen atoms in total. The molecule has 4 rings (SSSR count). The lowest BCUT2D eigenvalue weighted by molar-refractivity contribution is -0.131. The number of hydrogen-bond acceptors (Lipinski definition) is 5. The number of benzene rings is 1. The van der Waals surface area contributed by atoms with E-state index < -0.39 is 0 Å². The van der Waals surface area contributed by atoms with Gasteiger partial charge in [-0.3, -0.25) is 9.59 Å². The van der Waals surface area contributed by atoms with E-state index in [-0.39, 0.29) is 17.9 Å². The summed E-state index contributed by atoms with van der Waals surface area (Å²) in [6.07, 6.45) is 3.73. The average molecular weight is 363 g/mol. The molecule has 27 heavy (non-hydrogen) atoms. The lowest BCUT2D eigenvalue weighted by atomic mass is 10.2. The first-order valence-electron chi connectivity index (χ1n) is 9.11. The highest BCUT2D eigenvalue weighted by Gasteiger charge is 2.21. The third kappa shape index (κ3) is 3.67. The number of carbonyl (C=O) groups excluding carboxylic acids is 1. The summed E-state index contributed by atoms with van der Waals surface area (Å²) in [5, 5.41) is 5.64. The van der Waals surface area contributed by atoms with Gasteiger partial charge < -0.3 is 9.80 Å². The van der Waals surface area contributed by atoms with Crippen LogP contribution in [0.2, 0.25) is 0 Å². The van der Waals surface area contributed by atoms with Gasteiger partial charge >= 0.3 is 0 Å². The number of piperazine rings is 1. The summed E-state index contributed by atoms with van der Waals surface area (Å²) < 4.78 is 1.38. The standard InChI is InChI=1S/C20H21N5O2/c26-19(24-13-11-23(12-14-24)18-7-3-4-9-21-18)8-10-25-20(27)17-6-2-1-5-16(17)15-22-25/h1-7,9,15H,8,10-14H2. The largest absolute Gasteiger partial charge is 0.353 e. The van der Waals surface area contributed by atoms with Gasteiger partial charge in [-0.1, -0.05) is 24.3 Å². The van der Waals surface area contributed by atoms with Crippen LogP contribution in [-0.2, 0) is 11.3 Å². The van der Waals surface area contributed by atoms with Gasteiger partial charge in [-0.2, -0.15) is 5.10 Å². The maximum absolute atomic E-state index is 12.5. The van der Waals surface area contributed by atoms with Gasteiger partial charge in [0.1, 0.15) is 5.82 Å². The zero-order valence-corrected chi connectivity index (χ0v) is 15.0. The highest BCUT2D eigenvalue weighted by atomic mass is 16.2. The Morgan fingerprint density at radius 1 is 1.00 bits per heavy atom. The number of fused-ring (bicyclic) bond motifs is 1. The van der Waals surface area contributed by atoms with Crippen LogP contribution < -0.4 is 10.5 Å². The normalized spacial score (nSPS) is 14.5. The van der Waals surface area contributed by atoms with Gasteiger partial charge in [-0.05, 0) is 18.2 Å². The van der Waals surface area contributed by atoms with Crippen molar-refractivity contribution in [2.75, 3.05) is 31.1 Å². The molecule has 0 saturated carbocycles. The monoisotopic (exact) mass is 363 g/mol. The van der Waals surface area contributed by atoms with Crippen LogP contribution in [0.15, 0.2) is 59.7 Å². The summed E-state index contributed by atoms with van der Waals surface area (Å²) in [6.45, 7) is 3.14. The van der Waals surface area contributed by atoms with Crippen LogP contribution in [0.4, 0.5) is 5.82 Å². The zero-order chi connectivity index (χ0) is 18.6. The highest BCUT2D eigenvalue weighted by molar-refractivity contribution is 5.80. The SMILES string of the molecule is O=C(CCn1ncc2ccccc2c1=O)N1CCN(c2ccccn2)CC1. The first-order valence-corrected chi connectivity index (χ1v) is 9.11. The number of nitrogens with zero attached hydrogens (tertiary/aromatic N) is 5. The summed E-state index contributed by atoms with van der Waals surface area (Å²) in [7, 11) is 0. The van der Waals surface area contributed by atoms with E-state index in [1.54, 1.807) is 18.5 Å². The van der Waals surface area contributed by atoms with Crippen molar-refractivity contribution >= 4 is 22.5 Å². The summed E-state index contributed by atoms with van der Waals surface area (Å²) in [5.41, 5.74) is -0.152. The number of amides is 1. The first kappa shape index (κ1) is 17.2. The van der Waals surface area contributed by atoms with Crippen LogP contribution >= 0.6 is 0 Å². The predicted octanol–water partition coefficient (Wildman–Crippen LogP) is 1.53. The van der Waals surface area contributed by atoms with Crippen molar-refractivity contribution in [3.05, 3.63) is 65.2 Å². The number of hydrogen-bond donors (Lipinski definition) is 0. The molecule has 1 aromatic carbocycles. The molecule has 1 fully saturated rings. The topological polar surface area (TPSA) is 71.3 Å². The van der Waals surface area contributed by atoms with Crippen LogP contribution in [0.25, 0.3) is 10.8 Å². The van der Waals surface area contributed by atoms with Gasteiger partial charge in [0.2, 0.25) is 5.91 Å². The number of rotatable bonds is 4. The molecule has 3 aromatic rings. The van der Waals surface area contributed by atoms with E-state index in [1.807, 2.05) is 41.3 Å². The van der Waals surface area contributed by atoms with Gasteiger partial charge in [-0.25, -0.2) is 9.67 Å². The van der Waals surface area contributed by atoms with E-state index >= 15 is 0 Å². The van der Waals surface area contributed by atoms with E-state index in [2.05, 4.69) is 15.0 Å². The van der Waals surface area contributed by atoms with E-state index in [4.69, 9.17) is 0 Å². The second-order valence-electron chi connectivity index (χ2n) is 6.57. The molecule has 0 unspecified atom stereocenters. The Balaban J connectivity index is 1.35. The highest BCUT2D eigenvalue weighted by Crippen LogP contribution is 2.13. The molecule has 1 saturated heterocycles. The molecule has 1 amide bonds. The number of anilines is 1. The van der Waals surface area contributed by atoms with Gasteiger partial charge in [-0.15, -0.1) is 0 Å². The summed E-state index contributed by atoms with van der Waals surface area (Å²) in [6, 6.07) is 13.2. The third-order valence-corrected chi connectivity index (χ3v) is 4.90. The van der Waals surface area contributed by atoms with Crippen molar-refractivity contribution in [3.63, 3.8) is 0 Å². The average Bonchev–Trinajstić information content (AvgIpc) is 2.74. The van der Waals surface area contributed by atoms with Crippen molar-refractivity contribution in [1.82, 2.24) is 19.7 Å². The van der Waals surface area contributed by atoms with E-state index in [0.29, 0.717) is 25.0 Å². The molecule has 1 aliphatic heterocycles. The van der Waals surface area contributed by atoms with Crippen LogP contribution in [0.1, 0.15) is 6.42 Å². The fourth-order valence-corrected chi connectivity index (χ4v) is 3.37. The molecule has 0 atom stereocenters. The number of pyridine rings is 1. The Labute approximate surface area is 156 Å². The molecular weight excluding hydrogens is 342 g/mol. The fraction of sp³-hybridized carbons (Fsp3) is 0.300. The van der Waals surface area contributed by atoms with Gasteiger partial charge in [0.15, 0.2) is 0 Å². The van der Waals surface area contributed by atoms with Crippen molar-refractivity contribution in [3.8, 4) is 0 Å². The second kappa shape index (κ2) is 7.57. The second-order valence-corrected chi connectivity index (χ2v) is 6.57. The van der Waals surface area contributed by atoms with Crippen LogP contribution in [0.5, 0.6) is 0 Å². The Morgan fingerprint density at radius 3 is 2.56 bits per heavy atom. The van der Waals surface area contributed by atoms with Gasteiger partial charge in [0, 0.05) is 44.2 Å². The van der Waals surface area contributed by atoms with Crippen molar-refractivity contribution < 1.29 is 4.79 Å². The lowest BCUT2D eigenvalue weighted by Gasteiger charge is -2.35. The van der Waals surface area contributed by atoms with E-state index in [0.717, 1.165) is 24.3 Å². The molecule has 1 aliphatic rings. The van der Waals surface area contributed by atoms with E-state index in [1.165, 1.54) is 4.68 Å². The zero-order valence-electron chi connectivity index (χ0n) is 15.0. The molecule has 0 N–H and O–H groups in total. The van der Waals surface area contributed by atoms with Crippen molar-refractivity contribution in [1.29, 1.82) is 0 Å². The summed E-state index contributed by atoms with van der Waals surface area (Å²) >= 11 is 0. The van der Waals surface area contributed by atoms with Crippen LogP contribution in [-0.4, -0.2) is 51.8 Å². The molecule has 7 heteroatoms. The fourth-order valence-electron chi connectivity index (χ4n) is 3.37. The van der Waals surface area contributed by atoms with E-state index in [9.17, 15) is 9.59 Å². The van der Waals surface area contributed by atoms with Gasteiger partial charge in [0.05, 0.1) is 18.1 Å². The summed E-state index contributed by atoms with van der Waals surface area (Å²) in [4.78, 5) is 33.4. The number of aromatic nitrogens is 3. The Hall–Kier alpha value is -3.22. The minimum Gasteiger partial charge on any atom is -0.353 e. The molecule has 138 valence electrons. The maximum Gasteiger partial charge on any atom is 0.274 e. The number of aryl methyl sites for hydroxylation is 1. The molecule has 2 aromatic heterocycles. The van der Waals surface area contributed by atoms with Crippen LogP contribution in [0, 0.1) is 0 Å². The minimum absolute atomic E-state index is 0.0533. The third-order valence-electron chi connectivity index (χ3n) is 4.90. The first-order chi connectivity index (χ1) is 13.2. The lowest BCUT2D eigenvalue weighted by Crippen LogP contribution is -2.49. The molecule has 0 aliphatic carbocycles. The van der Waals surface area contributed by atoms with Crippen molar-refractivity contribution in [2.24, 2.45) is 0 Å². The smallest absolute Gasteiger partial charge is 0.274 e. The molecule has 0 radical (unpaired) electrons. The van der Waals surface area contributed by atoms with Crippen molar-refractivity contribution in [2.45, 2.75) is 13.0 Å². The van der Waals surface area contributed by atoms with Gasteiger partial charge in [0.25, 0.3) is 5.56 Å². The molecular formula is C20H21N5O2. The summed E-state index contributed by atoms with van der Waals surface area (Å²) in [5.74, 6) is 0.994. The Morgan fingerprint density at radius 2 is 1.78 bits per heavy atom. The predicted molar refractivity (Wildman–Crippen MR) is 104 cm³/mol. The number of carbonyl (C=O) groups is 1. The molecule has 0 bridgehead atoms.